The zero-order valence-electron chi connectivity index (χ0n) is 12.9. The van der Waals surface area contributed by atoms with Gasteiger partial charge in [0.25, 0.3) is 0 Å². The maximum absolute atomic E-state index is 5.96. The molecule has 2 rings (SSSR count). The van der Waals surface area contributed by atoms with Crippen LogP contribution in [-0.2, 0) is 0 Å². The van der Waals surface area contributed by atoms with Gasteiger partial charge in [0.1, 0.15) is 0 Å². The summed E-state index contributed by atoms with van der Waals surface area (Å²) in [6.45, 7) is 4.80. The smallest absolute Gasteiger partial charge is 0.191 e. The Labute approximate surface area is 141 Å². The molecule has 1 heterocycles. The Hall–Kier alpha value is -0.0400. The molecule has 0 bridgehead atoms. The molecule has 4 nitrogen and oxygen atoms in total. The predicted octanol–water partition coefficient (Wildman–Crippen LogP) is 2.67. The molecule has 20 heavy (non-hydrogen) atoms. The third-order valence-corrected chi connectivity index (χ3v) is 4.31. The summed E-state index contributed by atoms with van der Waals surface area (Å²) in [6, 6.07) is 0.669. The second kappa shape index (κ2) is 9.82. The first-order chi connectivity index (χ1) is 9.27. The largest absolute Gasteiger partial charge is 0.370 e. The zero-order chi connectivity index (χ0) is 13.5. The Morgan fingerprint density at radius 3 is 2.50 bits per heavy atom. The maximum Gasteiger partial charge on any atom is 0.191 e. The van der Waals surface area contributed by atoms with Gasteiger partial charge >= 0.3 is 0 Å². The molecular formula is C15H31IN4. The number of hydrogen-bond donors (Lipinski definition) is 1. The summed E-state index contributed by atoms with van der Waals surface area (Å²) in [5, 5.41) is 0. The molecule has 1 saturated carbocycles. The molecule has 1 aliphatic heterocycles. The molecule has 0 aromatic heterocycles. The number of rotatable bonds is 7. The Bertz CT molecular complexity index is 286. The van der Waals surface area contributed by atoms with Crippen LogP contribution in [0.4, 0.5) is 0 Å². The molecule has 2 aliphatic rings. The molecule has 0 atom stereocenters. The number of guanidine groups is 1. The summed E-state index contributed by atoms with van der Waals surface area (Å²) < 4.78 is 0. The summed E-state index contributed by atoms with van der Waals surface area (Å²) in [5.41, 5.74) is 5.96. The summed E-state index contributed by atoms with van der Waals surface area (Å²) in [7, 11) is 2.06. The molecule has 0 aromatic carbocycles. The highest BCUT2D eigenvalue weighted by Gasteiger charge is 2.27. The van der Waals surface area contributed by atoms with Gasteiger partial charge in [0.2, 0.25) is 0 Å². The van der Waals surface area contributed by atoms with E-state index in [1.807, 2.05) is 0 Å². The first-order valence-corrected chi connectivity index (χ1v) is 8.02. The average molecular weight is 394 g/mol. The van der Waals surface area contributed by atoms with Crippen molar-refractivity contribution in [3.63, 3.8) is 0 Å². The van der Waals surface area contributed by atoms with E-state index in [0.29, 0.717) is 6.04 Å². The summed E-state index contributed by atoms with van der Waals surface area (Å²) >= 11 is 0. The van der Waals surface area contributed by atoms with Crippen molar-refractivity contribution < 1.29 is 0 Å². The number of hydrogen-bond acceptors (Lipinski definition) is 2. The van der Waals surface area contributed by atoms with Crippen molar-refractivity contribution in [3.8, 4) is 0 Å². The standard InChI is InChI=1S/C15H30N4.HI/c1-18(14-8-9-14)15(16)17-10-4-2-5-11-19-12-6-3-7-13-19;/h14H,2-13H2,1H3,(H2,16,17);1H. The van der Waals surface area contributed by atoms with Gasteiger partial charge < -0.3 is 15.5 Å². The van der Waals surface area contributed by atoms with Gasteiger partial charge in [-0.15, -0.1) is 24.0 Å². The van der Waals surface area contributed by atoms with Gasteiger partial charge in [0.15, 0.2) is 5.96 Å². The first kappa shape index (κ1) is 18.0. The molecule has 2 N–H and O–H groups in total. The van der Waals surface area contributed by atoms with Crippen LogP contribution >= 0.6 is 24.0 Å². The zero-order valence-corrected chi connectivity index (χ0v) is 15.2. The minimum absolute atomic E-state index is 0. The molecule has 2 fully saturated rings. The molecular weight excluding hydrogens is 363 g/mol. The number of likely N-dealkylation sites (tertiary alicyclic amines) is 1. The monoisotopic (exact) mass is 394 g/mol. The first-order valence-electron chi connectivity index (χ1n) is 8.02. The molecule has 0 spiro atoms. The fourth-order valence-electron chi connectivity index (χ4n) is 2.76. The van der Waals surface area contributed by atoms with Crippen LogP contribution < -0.4 is 5.73 Å². The fraction of sp³-hybridized carbons (Fsp3) is 0.933. The molecule has 1 saturated heterocycles. The lowest BCUT2D eigenvalue weighted by Gasteiger charge is -2.26. The maximum atomic E-state index is 5.96. The van der Waals surface area contributed by atoms with Crippen molar-refractivity contribution >= 4 is 29.9 Å². The molecule has 0 unspecified atom stereocenters. The lowest BCUT2D eigenvalue weighted by Crippen LogP contribution is -2.35. The molecule has 0 radical (unpaired) electrons. The van der Waals surface area contributed by atoms with E-state index >= 15 is 0 Å². The van der Waals surface area contributed by atoms with E-state index in [1.165, 1.54) is 71.0 Å². The van der Waals surface area contributed by atoms with Crippen molar-refractivity contribution in [2.45, 2.75) is 57.4 Å². The van der Waals surface area contributed by atoms with Crippen molar-refractivity contribution in [2.75, 3.05) is 33.2 Å². The van der Waals surface area contributed by atoms with E-state index in [4.69, 9.17) is 5.73 Å². The highest BCUT2D eigenvalue weighted by Crippen LogP contribution is 2.24. The van der Waals surface area contributed by atoms with Crippen molar-refractivity contribution in [2.24, 2.45) is 10.7 Å². The third kappa shape index (κ3) is 6.61. The molecule has 118 valence electrons. The molecule has 5 heteroatoms. The van der Waals surface area contributed by atoms with Gasteiger partial charge in [-0.25, -0.2) is 0 Å². The minimum Gasteiger partial charge on any atom is -0.370 e. The van der Waals surface area contributed by atoms with E-state index in [0.717, 1.165) is 12.5 Å². The predicted molar refractivity (Wildman–Crippen MR) is 96.8 cm³/mol. The van der Waals surface area contributed by atoms with Gasteiger partial charge in [-0.3, -0.25) is 4.99 Å². The van der Waals surface area contributed by atoms with Crippen molar-refractivity contribution in [3.05, 3.63) is 0 Å². The summed E-state index contributed by atoms with van der Waals surface area (Å²) in [5.74, 6) is 0.735. The van der Waals surface area contributed by atoms with E-state index in [-0.39, 0.29) is 24.0 Å². The van der Waals surface area contributed by atoms with E-state index in [9.17, 15) is 0 Å². The van der Waals surface area contributed by atoms with Gasteiger partial charge in [0.05, 0.1) is 0 Å². The number of unbranched alkanes of at least 4 members (excludes halogenated alkanes) is 2. The van der Waals surface area contributed by atoms with Crippen LogP contribution in [-0.4, -0.2) is 55.0 Å². The second-order valence-electron chi connectivity index (χ2n) is 6.04. The normalized spacial score (nSPS) is 20.6. The second-order valence-corrected chi connectivity index (χ2v) is 6.04. The van der Waals surface area contributed by atoms with E-state index in [2.05, 4.69) is 21.8 Å². The molecule has 0 amide bonds. The number of nitrogens with two attached hydrogens (primary N) is 1. The highest BCUT2D eigenvalue weighted by molar-refractivity contribution is 14.0. The Kier molecular flexibility index (Phi) is 8.84. The van der Waals surface area contributed by atoms with Crippen LogP contribution in [0.15, 0.2) is 4.99 Å². The van der Waals surface area contributed by atoms with E-state index in [1.54, 1.807) is 0 Å². The SMILES string of the molecule is CN(C(N)=NCCCCCN1CCCCC1)C1CC1.I. The number of aliphatic imine (C=N–C) groups is 1. The number of nitrogens with zero attached hydrogens (tertiary/aromatic N) is 3. The van der Waals surface area contributed by atoms with Crippen LogP contribution in [0.25, 0.3) is 0 Å². The van der Waals surface area contributed by atoms with Crippen molar-refractivity contribution in [1.29, 1.82) is 0 Å². The topological polar surface area (TPSA) is 44.9 Å². The number of piperidine rings is 1. The van der Waals surface area contributed by atoms with Gasteiger partial charge in [-0.2, -0.15) is 0 Å². The third-order valence-electron chi connectivity index (χ3n) is 4.31. The fourth-order valence-corrected chi connectivity index (χ4v) is 2.76. The van der Waals surface area contributed by atoms with Crippen LogP contribution in [0.2, 0.25) is 0 Å². The van der Waals surface area contributed by atoms with Crippen LogP contribution in [0, 0.1) is 0 Å². The number of halogens is 1. The average Bonchev–Trinajstić information content (AvgIpc) is 3.27. The summed E-state index contributed by atoms with van der Waals surface area (Å²) in [6.07, 6.45) is 10.5. The Morgan fingerprint density at radius 1 is 1.15 bits per heavy atom. The van der Waals surface area contributed by atoms with Gasteiger partial charge in [-0.1, -0.05) is 12.8 Å². The van der Waals surface area contributed by atoms with Crippen LogP contribution in [0.5, 0.6) is 0 Å². The highest BCUT2D eigenvalue weighted by atomic mass is 127. The Balaban J connectivity index is 0.00000200. The lowest BCUT2D eigenvalue weighted by atomic mass is 10.1. The van der Waals surface area contributed by atoms with Crippen LogP contribution in [0.3, 0.4) is 0 Å². The van der Waals surface area contributed by atoms with Gasteiger partial charge in [-0.05, 0) is 58.2 Å². The molecule has 1 aliphatic carbocycles. The van der Waals surface area contributed by atoms with Crippen LogP contribution in [0.1, 0.15) is 51.4 Å². The quantitative estimate of drug-likeness (QED) is 0.313. The summed E-state index contributed by atoms with van der Waals surface area (Å²) in [4.78, 5) is 9.22. The Morgan fingerprint density at radius 2 is 1.85 bits per heavy atom. The minimum atomic E-state index is 0. The lowest BCUT2D eigenvalue weighted by molar-refractivity contribution is 0.224. The van der Waals surface area contributed by atoms with Crippen molar-refractivity contribution in [1.82, 2.24) is 9.80 Å². The van der Waals surface area contributed by atoms with E-state index < -0.39 is 0 Å². The molecule has 0 aromatic rings. The van der Waals surface area contributed by atoms with Gasteiger partial charge in [0, 0.05) is 19.6 Å².